The van der Waals surface area contributed by atoms with Gasteiger partial charge in [-0.1, -0.05) is 12.5 Å². The minimum atomic E-state index is -0.744. The molecule has 4 heteroatoms. The highest BCUT2D eigenvalue weighted by Gasteiger charge is 2.27. The molecule has 0 bridgehead atoms. The summed E-state index contributed by atoms with van der Waals surface area (Å²) in [5.74, 6) is -1.33. The Labute approximate surface area is 106 Å². The summed E-state index contributed by atoms with van der Waals surface area (Å²) in [4.78, 5) is 11.0. The number of rotatable bonds is 3. The first-order chi connectivity index (χ1) is 8.56. The molecule has 1 fully saturated rings. The molecule has 0 heterocycles. The number of aliphatic carboxylic acids is 1. The Bertz CT molecular complexity index is 447. The van der Waals surface area contributed by atoms with Crippen LogP contribution in [0, 0.1) is 18.7 Å². The Morgan fingerprint density at radius 3 is 2.94 bits per heavy atom. The van der Waals surface area contributed by atoms with E-state index in [0.29, 0.717) is 12.1 Å². The topological polar surface area (TPSA) is 49.3 Å². The summed E-state index contributed by atoms with van der Waals surface area (Å²) in [5, 5.41) is 12.2. The zero-order valence-corrected chi connectivity index (χ0v) is 10.4. The van der Waals surface area contributed by atoms with Crippen molar-refractivity contribution in [2.24, 2.45) is 5.92 Å². The second-order valence-corrected chi connectivity index (χ2v) is 5.03. The van der Waals surface area contributed by atoms with Crippen LogP contribution in [0.2, 0.25) is 0 Å². The Morgan fingerprint density at radius 1 is 1.44 bits per heavy atom. The van der Waals surface area contributed by atoms with Crippen molar-refractivity contribution in [3.05, 3.63) is 29.6 Å². The van der Waals surface area contributed by atoms with Gasteiger partial charge in [0.1, 0.15) is 5.82 Å². The van der Waals surface area contributed by atoms with Crippen LogP contribution in [0.4, 0.5) is 10.1 Å². The van der Waals surface area contributed by atoms with Gasteiger partial charge in [-0.3, -0.25) is 4.79 Å². The molecule has 1 aromatic rings. The van der Waals surface area contributed by atoms with Crippen molar-refractivity contribution in [1.82, 2.24) is 0 Å². The SMILES string of the molecule is Cc1ccc(F)c(NC2CCCC(C(=O)O)C2)c1. The molecule has 18 heavy (non-hydrogen) atoms. The fourth-order valence-electron chi connectivity index (χ4n) is 2.51. The molecule has 2 rings (SSSR count). The molecule has 0 aromatic heterocycles. The number of benzene rings is 1. The van der Waals surface area contributed by atoms with Crippen LogP contribution < -0.4 is 5.32 Å². The first-order valence-electron chi connectivity index (χ1n) is 6.32. The fraction of sp³-hybridized carbons (Fsp3) is 0.500. The molecule has 0 saturated heterocycles. The summed E-state index contributed by atoms with van der Waals surface area (Å²) in [7, 11) is 0. The number of hydrogen-bond acceptors (Lipinski definition) is 2. The predicted octanol–water partition coefficient (Wildman–Crippen LogP) is 3.19. The molecule has 98 valence electrons. The highest BCUT2D eigenvalue weighted by Crippen LogP contribution is 2.28. The van der Waals surface area contributed by atoms with Crippen molar-refractivity contribution in [3.63, 3.8) is 0 Å². The van der Waals surface area contributed by atoms with E-state index in [4.69, 9.17) is 5.11 Å². The Hall–Kier alpha value is -1.58. The van der Waals surface area contributed by atoms with Crippen LogP contribution in [0.5, 0.6) is 0 Å². The lowest BCUT2D eigenvalue weighted by Crippen LogP contribution is -2.31. The van der Waals surface area contributed by atoms with Gasteiger partial charge in [0.2, 0.25) is 0 Å². The molecule has 1 aromatic carbocycles. The van der Waals surface area contributed by atoms with E-state index in [0.717, 1.165) is 24.8 Å². The van der Waals surface area contributed by atoms with Gasteiger partial charge < -0.3 is 10.4 Å². The molecule has 0 amide bonds. The van der Waals surface area contributed by atoms with Gasteiger partial charge in [0.25, 0.3) is 0 Å². The monoisotopic (exact) mass is 251 g/mol. The quantitative estimate of drug-likeness (QED) is 0.867. The van der Waals surface area contributed by atoms with Crippen molar-refractivity contribution >= 4 is 11.7 Å². The number of nitrogens with one attached hydrogen (secondary N) is 1. The van der Waals surface area contributed by atoms with Crippen molar-refractivity contribution in [1.29, 1.82) is 0 Å². The number of carbonyl (C=O) groups is 1. The van der Waals surface area contributed by atoms with Gasteiger partial charge >= 0.3 is 5.97 Å². The minimum Gasteiger partial charge on any atom is -0.481 e. The molecule has 1 saturated carbocycles. The van der Waals surface area contributed by atoms with Crippen LogP contribution >= 0.6 is 0 Å². The van der Waals surface area contributed by atoms with Crippen LogP contribution in [0.3, 0.4) is 0 Å². The van der Waals surface area contributed by atoms with Crippen molar-refractivity contribution in [2.45, 2.75) is 38.6 Å². The van der Waals surface area contributed by atoms with Gasteiger partial charge in [0.05, 0.1) is 11.6 Å². The maximum Gasteiger partial charge on any atom is 0.306 e. The highest BCUT2D eigenvalue weighted by atomic mass is 19.1. The average molecular weight is 251 g/mol. The average Bonchev–Trinajstić information content (AvgIpc) is 2.34. The van der Waals surface area contributed by atoms with Crippen molar-refractivity contribution < 1.29 is 14.3 Å². The maximum atomic E-state index is 13.6. The summed E-state index contributed by atoms with van der Waals surface area (Å²) in [6, 6.07) is 4.98. The molecule has 3 nitrogen and oxygen atoms in total. The lowest BCUT2D eigenvalue weighted by Gasteiger charge is -2.28. The van der Waals surface area contributed by atoms with Gasteiger partial charge in [-0.25, -0.2) is 4.39 Å². The minimum absolute atomic E-state index is 0.0520. The third-order valence-electron chi connectivity index (χ3n) is 3.50. The second kappa shape index (κ2) is 5.38. The van der Waals surface area contributed by atoms with Crippen LogP contribution in [0.1, 0.15) is 31.2 Å². The molecule has 0 spiro atoms. The molecule has 1 aliphatic carbocycles. The second-order valence-electron chi connectivity index (χ2n) is 5.03. The first kappa shape index (κ1) is 12.9. The fourth-order valence-corrected chi connectivity index (χ4v) is 2.51. The van der Waals surface area contributed by atoms with Crippen LogP contribution in [-0.2, 0) is 4.79 Å². The van der Waals surface area contributed by atoms with E-state index in [2.05, 4.69) is 5.32 Å². The van der Waals surface area contributed by atoms with Gasteiger partial charge in [-0.05, 0) is 43.9 Å². The predicted molar refractivity (Wildman–Crippen MR) is 68.1 cm³/mol. The van der Waals surface area contributed by atoms with Gasteiger partial charge in [-0.15, -0.1) is 0 Å². The summed E-state index contributed by atoms with van der Waals surface area (Å²) in [6.07, 6.45) is 3.08. The molecule has 1 aliphatic rings. The number of anilines is 1. The van der Waals surface area contributed by atoms with E-state index in [1.54, 1.807) is 12.1 Å². The summed E-state index contributed by atoms with van der Waals surface area (Å²) in [6.45, 7) is 1.91. The van der Waals surface area contributed by atoms with E-state index < -0.39 is 5.97 Å². The lowest BCUT2D eigenvalue weighted by molar-refractivity contribution is -0.142. The number of carboxylic acid groups (broad SMARTS) is 1. The van der Waals surface area contributed by atoms with Crippen molar-refractivity contribution in [3.8, 4) is 0 Å². The summed E-state index contributed by atoms with van der Waals surface area (Å²) in [5.41, 5.74) is 1.47. The number of halogens is 1. The van der Waals surface area contributed by atoms with Crippen molar-refractivity contribution in [2.75, 3.05) is 5.32 Å². The maximum absolute atomic E-state index is 13.6. The van der Waals surface area contributed by atoms with E-state index in [1.165, 1.54) is 6.07 Å². The Morgan fingerprint density at radius 2 is 2.22 bits per heavy atom. The molecule has 2 atom stereocenters. The molecule has 2 N–H and O–H groups in total. The van der Waals surface area contributed by atoms with Crippen LogP contribution in [-0.4, -0.2) is 17.1 Å². The van der Waals surface area contributed by atoms with E-state index >= 15 is 0 Å². The van der Waals surface area contributed by atoms with Gasteiger partial charge in [0, 0.05) is 6.04 Å². The summed E-state index contributed by atoms with van der Waals surface area (Å²) < 4.78 is 13.6. The molecule has 0 radical (unpaired) electrons. The first-order valence-corrected chi connectivity index (χ1v) is 6.32. The molecule has 0 aliphatic heterocycles. The largest absolute Gasteiger partial charge is 0.481 e. The standard InChI is InChI=1S/C14H18FNO2/c1-9-5-6-12(15)13(7-9)16-11-4-2-3-10(8-11)14(17)18/h5-7,10-11,16H,2-4,8H2,1H3,(H,17,18). The zero-order valence-electron chi connectivity index (χ0n) is 10.4. The smallest absolute Gasteiger partial charge is 0.306 e. The number of aryl methyl sites for hydroxylation is 1. The van der Waals surface area contributed by atoms with Gasteiger partial charge in [0.15, 0.2) is 0 Å². The van der Waals surface area contributed by atoms with Crippen LogP contribution in [0.25, 0.3) is 0 Å². The zero-order chi connectivity index (χ0) is 13.1. The summed E-state index contributed by atoms with van der Waals surface area (Å²) >= 11 is 0. The molecular formula is C14H18FNO2. The molecule has 2 unspecified atom stereocenters. The lowest BCUT2D eigenvalue weighted by atomic mass is 9.85. The third-order valence-corrected chi connectivity index (χ3v) is 3.50. The highest BCUT2D eigenvalue weighted by molar-refractivity contribution is 5.70. The Kier molecular flexibility index (Phi) is 3.84. The Balaban J connectivity index is 2.04. The van der Waals surface area contributed by atoms with Crippen LogP contribution in [0.15, 0.2) is 18.2 Å². The van der Waals surface area contributed by atoms with E-state index in [1.807, 2.05) is 6.92 Å². The van der Waals surface area contributed by atoms with E-state index in [9.17, 15) is 9.18 Å². The number of hydrogen-bond donors (Lipinski definition) is 2. The number of carboxylic acids is 1. The van der Waals surface area contributed by atoms with Gasteiger partial charge in [-0.2, -0.15) is 0 Å². The normalized spacial score (nSPS) is 23.7. The molecular weight excluding hydrogens is 233 g/mol. The third kappa shape index (κ3) is 3.00. The van der Waals surface area contributed by atoms with E-state index in [-0.39, 0.29) is 17.8 Å².